The number of carbonyl (C=O) groups excluding carboxylic acids is 1. The molecule has 4 rings (SSSR count). The van der Waals surface area contributed by atoms with Crippen LogP contribution >= 0.6 is 0 Å². The van der Waals surface area contributed by atoms with Crippen LogP contribution in [0.25, 0.3) is 16.0 Å². The molecule has 2 heterocycles. The minimum atomic E-state index is -0.553. The molecule has 0 saturated carbocycles. The Balaban J connectivity index is 1.45. The number of benzene rings is 2. The fourth-order valence-electron chi connectivity index (χ4n) is 3.76. The molecule has 0 saturated heterocycles. The van der Waals surface area contributed by atoms with Gasteiger partial charge in [-0.05, 0) is 43.1 Å². The average molecular weight is 451 g/mol. The van der Waals surface area contributed by atoms with E-state index in [1.54, 1.807) is 23.1 Å². The van der Waals surface area contributed by atoms with E-state index in [1.165, 1.54) is 0 Å². The molecule has 0 aliphatic rings. The number of anilines is 1. The molecule has 0 fully saturated rings. The third-order valence-corrected chi connectivity index (χ3v) is 5.55. The van der Waals surface area contributed by atoms with Crippen LogP contribution in [0.4, 0.5) is 11.5 Å². The van der Waals surface area contributed by atoms with Crippen molar-refractivity contribution in [3.05, 3.63) is 107 Å². The summed E-state index contributed by atoms with van der Waals surface area (Å²) in [6, 6.07) is 18.6. The molecule has 2 N–H and O–H groups in total. The maximum atomic E-state index is 13.2. The lowest BCUT2D eigenvalue weighted by Gasteiger charge is -2.19. The highest BCUT2D eigenvalue weighted by Gasteiger charge is 2.20. The monoisotopic (exact) mass is 450 g/mol. The Labute approximate surface area is 199 Å². The molecule has 2 aromatic heterocycles. The van der Waals surface area contributed by atoms with E-state index in [2.05, 4.69) is 25.6 Å². The van der Waals surface area contributed by atoms with Crippen molar-refractivity contribution in [1.82, 2.24) is 20.1 Å². The van der Waals surface area contributed by atoms with Crippen molar-refractivity contribution >= 4 is 17.4 Å². The number of nitrogens with one attached hydrogen (secondary N) is 2. The fraction of sp³-hybridized carbons (Fsp3) is 0.185. The Morgan fingerprint density at radius 3 is 2.59 bits per heavy atom. The second kappa shape index (κ2) is 10.6. The van der Waals surface area contributed by atoms with Crippen LogP contribution in [-0.2, 0) is 18.3 Å². The van der Waals surface area contributed by atoms with Gasteiger partial charge in [0.05, 0.1) is 12.8 Å². The van der Waals surface area contributed by atoms with E-state index in [1.807, 2.05) is 74.8 Å². The molecule has 2 aromatic carbocycles. The Bertz CT molecular complexity index is 1310. The predicted molar refractivity (Wildman–Crippen MR) is 133 cm³/mol. The van der Waals surface area contributed by atoms with Gasteiger partial charge in [0.2, 0.25) is 5.91 Å². The Hall–Kier alpha value is -4.28. The van der Waals surface area contributed by atoms with Gasteiger partial charge in [0, 0.05) is 30.6 Å². The molecule has 34 heavy (non-hydrogen) atoms. The van der Waals surface area contributed by atoms with E-state index in [9.17, 15) is 4.79 Å². The molecule has 7 nitrogen and oxygen atoms in total. The van der Waals surface area contributed by atoms with Crippen molar-refractivity contribution in [2.24, 2.45) is 7.05 Å². The molecule has 0 radical (unpaired) electrons. The van der Waals surface area contributed by atoms with E-state index < -0.39 is 6.04 Å². The molecule has 170 valence electrons. The van der Waals surface area contributed by atoms with Gasteiger partial charge in [-0.2, -0.15) is 5.10 Å². The van der Waals surface area contributed by atoms with Gasteiger partial charge in [0.1, 0.15) is 11.9 Å². The standard InChI is InChI=1S/C27H26N6O/c1-19-9-10-20(24(15-19)28-2)13-14-29-26(21-7-5-4-6-8-21)27(34)32-25-12-11-22(16-30-25)23-17-31-33(3)18-23/h4-12,15-18,26,29H,13-14H2,1,3H3,(H,30,32,34)/t26-/m0/s1. The summed E-state index contributed by atoms with van der Waals surface area (Å²) in [5.74, 6) is 0.288. The van der Waals surface area contributed by atoms with Crippen LogP contribution < -0.4 is 10.6 Å². The van der Waals surface area contributed by atoms with Crippen LogP contribution in [0.5, 0.6) is 0 Å². The van der Waals surface area contributed by atoms with Crippen LogP contribution in [0.2, 0.25) is 0 Å². The molecule has 1 atom stereocenters. The third kappa shape index (κ3) is 5.55. The number of pyridine rings is 1. The normalized spacial score (nSPS) is 11.6. The average Bonchev–Trinajstić information content (AvgIpc) is 3.29. The largest absolute Gasteiger partial charge is 0.309 e. The summed E-state index contributed by atoms with van der Waals surface area (Å²) >= 11 is 0. The van der Waals surface area contributed by atoms with E-state index in [0.717, 1.165) is 27.8 Å². The highest BCUT2D eigenvalue weighted by molar-refractivity contribution is 5.95. The summed E-state index contributed by atoms with van der Waals surface area (Å²) < 4.78 is 1.73. The molecule has 1 amide bonds. The quantitative estimate of drug-likeness (QED) is 0.376. The minimum Gasteiger partial charge on any atom is -0.309 e. The Morgan fingerprint density at radius 1 is 1.09 bits per heavy atom. The first-order valence-electron chi connectivity index (χ1n) is 11.0. The number of hydrogen-bond acceptors (Lipinski definition) is 4. The van der Waals surface area contributed by atoms with Gasteiger partial charge in [-0.3, -0.25) is 9.48 Å². The summed E-state index contributed by atoms with van der Waals surface area (Å²) in [6.45, 7) is 9.95. The van der Waals surface area contributed by atoms with Crippen LogP contribution in [0.3, 0.4) is 0 Å². The smallest absolute Gasteiger partial charge is 0.247 e. The van der Waals surface area contributed by atoms with E-state index in [0.29, 0.717) is 24.5 Å². The third-order valence-electron chi connectivity index (χ3n) is 5.55. The molecule has 0 spiro atoms. The summed E-state index contributed by atoms with van der Waals surface area (Å²) in [6.07, 6.45) is 6.06. The molecular formula is C27H26N6O. The van der Waals surface area contributed by atoms with E-state index >= 15 is 0 Å². The summed E-state index contributed by atoms with van der Waals surface area (Å²) in [4.78, 5) is 21.3. The summed E-state index contributed by atoms with van der Waals surface area (Å²) in [7, 11) is 1.86. The van der Waals surface area contributed by atoms with Gasteiger partial charge in [0.25, 0.3) is 0 Å². The summed E-state index contributed by atoms with van der Waals surface area (Å²) in [5, 5.41) is 10.5. The zero-order valence-electron chi connectivity index (χ0n) is 19.2. The zero-order chi connectivity index (χ0) is 23.9. The molecule has 7 heteroatoms. The highest BCUT2D eigenvalue weighted by atomic mass is 16.2. The van der Waals surface area contributed by atoms with Crippen molar-refractivity contribution < 1.29 is 4.79 Å². The van der Waals surface area contributed by atoms with Gasteiger partial charge in [-0.15, -0.1) is 0 Å². The predicted octanol–water partition coefficient (Wildman–Crippen LogP) is 4.85. The Morgan fingerprint density at radius 2 is 1.91 bits per heavy atom. The molecule has 0 aliphatic heterocycles. The van der Waals surface area contributed by atoms with Gasteiger partial charge < -0.3 is 10.6 Å². The SMILES string of the molecule is [C-]#[N+]c1cc(C)ccc1CCN[C@H](C(=O)Nc1ccc(-c2cnn(C)c2)cn1)c1ccccc1. The molecule has 0 aliphatic carbocycles. The van der Waals surface area contributed by atoms with Crippen LogP contribution in [0.15, 0.2) is 79.3 Å². The fourth-order valence-corrected chi connectivity index (χ4v) is 3.76. The molecule has 0 unspecified atom stereocenters. The number of nitrogens with zero attached hydrogens (tertiary/aromatic N) is 4. The minimum absolute atomic E-state index is 0.192. The molecular weight excluding hydrogens is 424 g/mol. The topological polar surface area (TPSA) is 76.2 Å². The number of aromatic nitrogens is 3. The lowest BCUT2D eigenvalue weighted by Crippen LogP contribution is -2.34. The Kier molecular flexibility index (Phi) is 7.11. The van der Waals surface area contributed by atoms with Gasteiger partial charge >= 0.3 is 0 Å². The van der Waals surface area contributed by atoms with Crippen molar-refractivity contribution in [3.8, 4) is 11.1 Å². The van der Waals surface area contributed by atoms with Crippen molar-refractivity contribution in [2.45, 2.75) is 19.4 Å². The van der Waals surface area contributed by atoms with Gasteiger partial charge in [-0.25, -0.2) is 9.83 Å². The van der Waals surface area contributed by atoms with Gasteiger partial charge in [-0.1, -0.05) is 54.1 Å². The van der Waals surface area contributed by atoms with Gasteiger partial charge in [0.15, 0.2) is 5.69 Å². The number of hydrogen-bond donors (Lipinski definition) is 2. The second-order valence-corrected chi connectivity index (χ2v) is 8.12. The highest BCUT2D eigenvalue weighted by Crippen LogP contribution is 2.22. The lowest BCUT2D eigenvalue weighted by atomic mass is 10.0. The van der Waals surface area contributed by atoms with Crippen molar-refractivity contribution in [2.75, 3.05) is 11.9 Å². The number of rotatable bonds is 8. The maximum absolute atomic E-state index is 13.2. The maximum Gasteiger partial charge on any atom is 0.247 e. The first kappa shape index (κ1) is 22.9. The van der Waals surface area contributed by atoms with Crippen LogP contribution in [0, 0.1) is 13.5 Å². The zero-order valence-corrected chi connectivity index (χ0v) is 19.2. The van der Waals surface area contributed by atoms with Crippen molar-refractivity contribution in [3.63, 3.8) is 0 Å². The number of aryl methyl sites for hydroxylation is 2. The van der Waals surface area contributed by atoms with Crippen LogP contribution in [0.1, 0.15) is 22.7 Å². The van der Waals surface area contributed by atoms with Crippen molar-refractivity contribution in [1.29, 1.82) is 0 Å². The van der Waals surface area contributed by atoms with E-state index in [4.69, 9.17) is 6.57 Å². The number of carbonyl (C=O) groups is 1. The van der Waals surface area contributed by atoms with E-state index in [-0.39, 0.29) is 5.91 Å². The summed E-state index contributed by atoms with van der Waals surface area (Å²) in [5.41, 5.74) is 5.44. The molecule has 4 aromatic rings. The number of amides is 1. The second-order valence-electron chi connectivity index (χ2n) is 8.12. The first-order chi connectivity index (χ1) is 16.5. The first-order valence-corrected chi connectivity index (χ1v) is 11.0. The lowest BCUT2D eigenvalue weighted by molar-refractivity contribution is -0.118. The molecule has 0 bridgehead atoms. The van der Waals surface area contributed by atoms with Crippen LogP contribution in [-0.4, -0.2) is 27.2 Å².